The first-order valence-corrected chi connectivity index (χ1v) is 8.51. The van der Waals surface area contributed by atoms with Gasteiger partial charge in [-0.1, -0.05) is 12.1 Å². The molecule has 0 aliphatic heterocycles. The maximum Gasteiger partial charge on any atom is 0.270 e. The molecule has 0 aliphatic carbocycles. The number of benzene rings is 2. The van der Waals surface area contributed by atoms with Crippen molar-refractivity contribution >= 4 is 22.5 Å². The first kappa shape index (κ1) is 19.0. The number of nitro groups is 1. The molecule has 1 aromatic heterocycles. The van der Waals surface area contributed by atoms with E-state index in [0.29, 0.717) is 18.5 Å². The molecular formula is C19H18N4O5. The molecule has 0 aliphatic rings. The zero-order chi connectivity index (χ0) is 20.1. The average molecular weight is 382 g/mol. The van der Waals surface area contributed by atoms with Gasteiger partial charge >= 0.3 is 0 Å². The number of methoxy groups -OCH3 is 1. The molecule has 1 amide bonds. The van der Waals surface area contributed by atoms with Crippen LogP contribution in [0, 0.1) is 10.1 Å². The van der Waals surface area contributed by atoms with Crippen LogP contribution in [-0.2, 0) is 17.8 Å². The maximum absolute atomic E-state index is 12.5. The van der Waals surface area contributed by atoms with Gasteiger partial charge in [0.2, 0.25) is 5.91 Å². The van der Waals surface area contributed by atoms with Crippen molar-refractivity contribution in [1.82, 2.24) is 14.9 Å². The Balaban J connectivity index is 1.64. The van der Waals surface area contributed by atoms with E-state index < -0.39 is 10.5 Å². The normalized spacial score (nSPS) is 10.6. The first-order valence-electron chi connectivity index (χ1n) is 8.51. The number of nitrogens with zero attached hydrogens (tertiary/aromatic N) is 3. The van der Waals surface area contributed by atoms with Crippen molar-refractivity contribution in [3.63, 3.8) is 0 Å². The van der Waals surface area contributed by atoms with Crippen LogP contribution in [-0.4, -0.2) is 34.0 Å². The molecule has 0 radical (unpaired) electrons. The standard InChI is InChI=1S/C19H18N4O5/c1-28-15-5-2-13(3-6-15)8-9-20-18(24)11-22-12-21-17-7-4-14(23(26)27)10-16(17)19(22)25/h2-7,10,12H,8-9,11H2,1H3,(H,20,24). The van der Waals surface area contributed by atoms with E-state index in [1.165, 1.54) is 24.5 Å². The van der Waals surface area contributed by atoms with Gasteiger partial charge < -0.3 is 10.1 Å². The van der Waals surface area contributed by atoms with Crippen LogP contribution in [0.2, 0.25) is 0 Å². The Bertz CT molecular complexity index is 1080. The van der Waals surface area contributed by atoms with Crippen LogP contribution in [0.15, 0.2) is 53.6 Å². The SMILES string of the molecule is COc1ccc(CCNC(=O)Cn2cnc3ccc([N+](=O)[O-])cc3c2=O)cc1. The number of ether oxygens (including phenoxy) is 1. The predicted octanol–water partition coefficient (Wildman–Crippen LogP) is 1.67. The molecule has 1 N–H and O–H groups in total. The van der Waals surface area contributed by atoms with Crippen LogP contribution < -0.4 is 15.6 Å². The van der Waals surface area contributed by atoms with Crippen molar-refractivity contribution in [2.75, 3.05) is 13.7 Å². The number of carbonyl (C=O) groups is 1. The van der Waals surface area contributed by atoms with Crippen molar-refractivity contribution in [3.8, 4) is 5.75 Å². The van der Waals surface area contributed by atoms with Crippen LogP contribution >= 0.6 is 0 Å². The quantitative estimate of drug-likeness (QED) is 0.491. The molecule has 3 rings (SSSR count). The number of nitro benzene ring substituents is 1. The number of aromatic nitrogens is 2. The van der Waals surface area contributed by atoms with E-state index in [-0.39, 0.29) is 23.5 Å². The molecule has 3 aromatic rings. The number of carbonyl (C=O) groups excluding carboxylic acids is 1. The molecule has 28 heavy (non-hydrogen) atoms. The lowest BCUT2D eigenvalue weighted by Crippen LogP contribution is -2.33. The third kappa shape index (κ3) is 4.32. The van der Waals surface area contributed by atoms with E-state index in [1.54, 1.807) is 7.11 Å². The summed E-state index contributed by atoms with van der Waals surface area (Å²) in [4.78, 5) is 39.0. The molecular weight excluding hydrogens is 364 g/mol. The van der Waals surface area contributed by atoms with E-state index in [9.17, 15) is 19.7 Å². The van der Waals surface area contributed by atoms with E-state index in [0.717, 1.165) is 15.9 Å². The monoisotopic (exact) mass is 382 g/mol. The van der Waals surface area contributed by atoms with Gasteiger partial charge in [0, 0.05) is 18.7 Å². The second-order valence-electron chi connectivity index (χ2n) is 6.08. The van der Waals surface area contributed by atoms with Crippen LogP contribution in [0.4, 0.5) is 5.69 Å². The Kier molecular flexibility index (Phi) is 5.64. The summed E-state index contributed by atoms with van der Waals surface area (Å²) >= 11 is 0. The van der Waals surface area contributed by atoms with Gasteiger partial charge in [-0.15, -0.1) is 0 Å². The number of amides is 1. The highest BCUT2D eigenvalue weighted by Gasteiger charge is 2.12. The molecule has 9 heteroatoms. The molecule has 0 bridgehead atoms. The summed E-state index contributed by atoms with van der Waals surface area (Å²) in [5, 5.41) is 13.7. The fraction of sp³-hybridized carbons (Fsp3) is 0.211. The van der Waals surface area contributed by atoms with Crippen LogP contribution in [0.5, 0.6) is 5.75 Å². The minimum atomic E-state index is -0.581. The first-order chi connectivity index (χ1) is 13.5. The van der Waals surface area contributed by atoms with Gasteiger partial charge in [-0.3, -0.25) is 24.3 Å². The highest BCUT2D eigenvalue weighted by atomic mass is 16.6. The van der Waals surface area contributed by atoms with Gasteiger partial charge in [-0.05, 0) is 30.2 Å². The van der Waals surface area contributed by atoms with Crippen LogP contribution in [0.1, 0.15) is 5.56 Å². The highest BCUT2D eigenvalue weighted by molar-refractivity contribution is 5.80. The zero-order valence-electron chi connectivity index (χ0n) is 15.1. The van der Waals surface area contributed by atoms with Crippen molar-refractivity contribution in [1.29, 1.82) is 0 Å². The van der Waals surface area contributed by atoms with Gasteiger partial charge in [0.15, 0.2) is 0 Å². The lowest BCUT2D eigenvalue weighted by molar-refractivity contribution is -0.384. The summed E-state index contributed by atoms with van der Waals surface area (Å²) in [6.07, 6.45) is 1.90. The number of fused-ring (bicyclic) bond motifs is 1. The minimum absolute atomic E-state index is 0.0998. The summed E-state index contributed by atoms with van der Waals surface area (Å²) in [7, 11) is 1.59. The number of non-ortho nitro benzene ring substituents is 1. The van der Waals surface area contributed by atoms with Crippen molar-refractivity contribution < 1.29 is 14.5 Å². The molecule has 2 aromatic carbocycles. The highest BCUT2D eigenvalue weighted by Crippen LogP contribution is 2.16. The minimum Gasteiger partial charge on any atom is -0.497 e. The molecule has 0 saturated heterocycles. The summed E-state index contributed by atoms with van der Waals surface area (Å²) in [6, 6.07) is 11.4. The molecule has 9 nitrogen and oxygen atoms in total. The molecule has 1 heterocycles. The van der Waals surface area contributed by atoms with Crippen molar-refractivity contribution in [3.05, 3.63) is 74.8 Å². The van der Waals surface area contributed by atoms with E-state index in [2.05, 4.69) is 10.3 Å². The molecule has 0 spiro atoms. The van der Waals surface area contributed by atoms with Gasteiger partial charge in [0.25, 0.3) is 11.2 Å². The lowest BCUT2D eigenvalue weighted by atomic mass is 10.1. The summed E-state index contributed by atoms with van der Waals surface area (Å²) in [5.74, 6) is 0.415. The molecule has 0 saturated carbocycles. The van der Waals surface area contributed by atoms with Gasteiger partial charge in [-0.25, -0.2) is 4.98 Å². The van der Waals surface area contributed by atoms with Crippen LogP contribution in [0.3, 0.4) is 0 Å². The lowest BCUT2D eigenvalue weighted by Gasteiger charge is -2.08. The summed E-state index contributed by atoms with van der Waals surface area (Å²) < 4.78 is 6.23. The Morgan fingerprint density at radius 3 is 2.68 bits per heavy atom. The third-order valence-corrected chi connectivity index (χ3v) is 4.23. The number of hydrogen-bond donors (Lipinski definition) is 1. The third-order valence-electron chi connectivity index (χ3n) is 4.23. The maximum atomic E-state index is 12.5. The molecule has 144 valence electrons. The van der Waals surface area contributed by atoms with Gasteiger partial charge in [-0.2, -0.15) is 0 Å². The fourth-order valence-corrected chi connectivity index (χ4v) is 2.72. The van der Waals surface area contributed by atoms with Crippen LogP contribution in [0.25, 0.3) is 10.9 Å². The average Bonchev–Trinajstić information content (AvgIpc) is 2.70. The van der Waals surface area contributed by atoms with Gasteiger partial charge in [0.1, 0.15) is 12.3 Å². The largest absolute Gasteiger partial charge is 0.497 e. The number of hydrogen-bond acceptors (Lipinski definition) is 6. The van der Waals surface area contributed by atoms with Crippen molar-refractivity contribution in [2.45, 2.75) is 13.0 Å². The Morgan fingerprint density at radius 1 is 1.25 bits per heavy atom. The molecule has 0 atom stereocenters. The fourth-order valence-electron chi connectivity index (χ4n) is 2.72. The molecule has 0 fully saturated rings. The Hall–Kier alpha value is -3.75. The zero-order valence-corrected chi connectivity index (χ0v) is 15.1. The van der Waals surface area contributed by atoms with E-state index in [1.807, 2.05) is 24.3 Å². The summed E-state index contributed by atoms with van der Waals surface area (Å²) in [6.45, 7) is 0.194. The Morgan fingerprint density at radius 2 is 2.00 bits per heavy atom. The predicted molar refractivity (Wildman–Crippen MR) is 102 cm³/mol. The number of nitrogens with one attached hydrogen (secondary N) is 1. The van der Waals surface area contributed by atoms with E-state index in [4.69, 9.17) is 4.74 Å². The smallest absolute Gasteiger partial charge is 0.270 e. The topological polar surface area (TPSA) is 116 Å². The number of rotatable bonds is 7. The second kappa shape index (κ2) is 8.30. The second-order valence-corrected chi connectivity index (χ2v) is 6.08. The van der Waals surface area contributed by atoms with Crippen molar-refractivity contribution in [2.24, 2.45) is 0 Å². The molecule has 0 unspecified atom stereocenters. The van der Waals surface area contributed by atoms with E-state index >= 15 is 0 Å². The summed E-state index contributed by atoms with van der Waals surface area (Å²) in [5.41, 5.74) is 0.678. The van der Waals surface area contributed by atoms with Gasteiger partial charge in [0.05, 0.1) is 29.3 Å². The Labute approximate surface area is 159 Å².